The summed E-state index contributed by atoms with van der Waals surface area (Å²) < 4.78 is 5.43. The van der Waals surface area contributed by atoms with E-state index in [1.807, 2.05) is 24.3 Å². The van der Waals surface area contributed by atoms with Crippen LogP contribution in [-0.2, 0) is 22.5 Å². The lowest BCUT2D eigenvalue weighted by Crippen LogP contribution is -2.37. The van der Waals surface area contributed by atoms with Crippen molar-refractivity contribution in [1.29, 1.82) is 0 Å². The Hall–Kier alpha value is -2.67. The quantitative estimate of drug-likeness (QED) is 0.523. The largest absolute Gasteiger partial charge is 0.452 e. The van der Waals surface area contributed by atoms with Crippen LogP contribution in [0.3, 0.4) is 0 Å². The van der Waals surface area contributed by atoms with Crippen molar-refractivity contribution >= 4 is 51.7 Å². The molecule has 0 aliphatic carbocycles. The molecule has 0 unspecified atom stereocenters. The number of fused-ring (bicyclic) bond motifs is 2. The number of benzene rings is 2. The molecule has 1 aliphatic heterocycles. The highest BCUT2D eigenvalue weighted by atomic mass is 35.5. The van der Waals surface area contributed by atoms with E-state index in [0.29, 0.717) is 33.9 Å². The summed E-state index contributed by atoms with van der Waals surface area (Å²) in [7, 11) is 0. The van der Waals surface area contributed by atoms with Crippen LogP contribution in [0.2, 0.25) is 10.0 Å². The van der Waals surface area contributed by atoms with E-state index in [1.54, 1.807) is 12.1 Å². The van der Waals surface area contributed by atoms with Crippen molar-refractivity contribution in [2.45, 2.75) is 32.9 Å². The number of nitrogens with one attached hydrogen (secondary N) is 1. The summed E-state index contributed by atoms with van der Waals surface area (Å²) in [6, 6.07) is 12.6. The maximum Gasteiger partial charge on any atom is 0.339 e. The first-order chi connectivity index (χ1) is 15.3. The number of nitrogens with zero attached hydrogens (tertiary/aromatic N) is 2. The molecule has 3 aromatic rings. The van der Waals surface area contributed by atoms with Gasteiger partial charge in [0, 0.05) is 47.2 Å². The van der Waals surface area contributed by atoms with Crippen LogP contribution in [0.25, 0.3) is 10.9 Å². The van der Waals surface area contributed by atoms with Crippen LogP contribution in [0.1, 0.15) is 35.5 Å². The second-order valence-corrected chi connectivity index (χ2v) is 8.84. The Kier molecular flexibility index (Phi) is 6.65. The SMILES string of the molecule is CC(C)N1CCc2nc3ccccc3c(C(=O)OCC(=O)Nc3ccc(Cl)cc3Cl)c2C1. The highest BCUT2D eigenvalue weighted by Gasteiger charge is 2.27. The van der Waals surface area contributed by atoms with Crippen molar-refractivity contribution in [1.82, 2.24) is 9.88 Å². The van der Waals surface area contributed by atoms with E-state index in [9.17, 15) is 9.59 Å². The number of aromatic nitrogens is 1. The number of carbonyl (C=O) groups is 2. The van der Waals surface area contributed by atoms with E-state index in [1.165, 1.54) is 6.07 Å². The van der Waals surface area contributed by atoms with Gasteiger partial charge in [0.05, 0.1) is 21.8 Å². The molecule has 2 aromatic carbocycles. The number of para-hydroxylation sites is 1. The molecule has 0 bridgehead atoms. The average Bonchev–Trinajstić information content (AvgIpc) is 2.77. The minimum Gasteiger partial charge on any atom is -0.452 e. The lowest BCUT2D eigenvalue weighted by Gasteiger charge is -2.32. The van der Waals surface area contributed by atoms with Gasteiger partial charge in [-0.15, -0.1) is 0 Å². The summed E-state index contributed by atoms with van der Waals surface area (Å²) in [6.45, 7) is 5.32. The Bertz CT molecular complexity index is 1200. The molecule has 0 atom stereocenters. The summed E-state index contributed by atoms with van der Waals surface area (Å²) in [4.78, 5) is 32.6. The van der Waals surface area contributed by atoms with Crippen molar-refractivity contribution in [2.75, 3.05) is 18.5 Å². The molecule has 0 saturated heterocycles. The first-order valence-electron chi connectivity index (χ1n) is 10.4. The van der Waals surface area contributed by atoms with Crippen LogP contribution >= 0.6 is 23.2 Å². The van der Waals surface area contributed by atoms with Crippen LogP contribution in [0.4, 0.5) is 5.69 Å². The molecular formula is C24H23Cl2N3O3. The Morgan fingerprint density at radius 1 is 1.19 bits per heavy atom. The van der Waals surface area contributed by atoms with Crippen LogP contribution in [0.15, 0.2) is 42.5 Å². The zero-order valence-corrected chi connectivity index (χ0v) is 19.3. The molecule has 8 heteroatoms. The van der Waals surface area contributed by atoms with E-state index < -0.39 is 18.5 Å². The molecular weight excluding hydrogens is 449 g/mol. The molecule has 0 spiro atoms. The lowest BCUT2D eigenvalue weighted by molar-refractivity contribution is -0.119. The van der Waals surface area contributed by atoms with E-state index in [-0.39, 0.29) is 0 Å². The highest BCUT2D eigenvalue weighted by Crippen LogP contribution is 2.30. The summed E-state index contributed by atoms with van der Waals surface area (Å²) in [5.41, 5.74) is 3.40. The molecule has 1 N–H and O–H groups in total. The van der Waals surface area contributed by atoms with Gasteiger partial charge >= 0.3 is 5.97 Å². The van der Waals surface area contributed by atoms with Gasteiger partial charge in [-0.1, -0.05) is 41.4 Å². The number of esters is 1. The molecule has 0 radical (unpaired) electrons. The van der Waals surface area contributed by atoms with E-state index in [2.05, 4.69) is 24.1 Å². The zero-order valence-electron chi connectivity index (χ0n) is 17.8. The van der Waals surface area contributed by atoms with Crippen molar-refractivity contribution in [3.8, 4) is 0 Å². The van der Waals surface area contributed by atoms with E-state index in [4.69, 9.17) is 32.9 Å². The highest BCUT2D eigenvalue weighted by molar-refractivity contribution is 6.36. The van der Waals surface area contributed by atoms with Gasteiger partial charge < -0.3 is 10.1 Å². The van der Waals surface area contributed by atoms with Crippen LogP contribution in [-0.4, -0.2) is 41.0 Å². The fourth-order valence-corrected chi connectivity index (χ4v) is 4.32. The van der Waals surface area contributed by atoms with Gasteiger partial charge in [0.15, 0.2) is 6.61 Å². The molecule has 1 aliphatic rings. The van der Waals surface area contributed by atoms with Crippen molar-refractivity contribution < 1.29 is 14.3 Å². The van der Waals surface area contributed by atoms with Gasteiger partial charge in [0.2, 0.25) is 0 Å². The molecule has 166 valence electrons. The first-order valence-corrected chi connectivity index (χ1v) is 11.2. The number of amides is 1. The smallest absolute Gasteiger partial charge is 0.339 e. The first kappa shape index (κ1) is 22.5. The minimum atomic E-state index is -0.539. The maximum atomic E-state index is 13.2. The van der Waals surface area contributed by atoms with Gasteiger partial charge in [-0.25, -0.2) is 4.79 Å². The molecule has 0 fully saturated rings. The second kappa shape index (κ2) is 9.45. The van der Waals surface area contributed by atoms with E-state index >= 15 is 0 Å². The van der Waals surface area contributed by atoms with Crippen molar-refractivity contribution in [2.24, 2.45) is 0 Å². The summed E-state index contributed by atoms with van der Waals surface area (Å²) in [5, 5.41) is 4.13. The summed E-state index contributed by atoms with van der Waals surface area (Å²) in [5.74, 6) is -1.03. The monoisotopic (exact) mass is 471 g/mol. The number of hydrogen-bond donors (Lipinski definition) is 1. The third kappa shape index (κ3) is 4.72. The fraction of sp³-hybridized carbons (Fsp3) is 0.292. The van der Waals surface area contributed by atoms with Gasteiger partial charge in [-0.3, -0.25) is 14.7 Å². The predicted molar refractivity (Wildman–Crippen MR) is 126 cm³/mol. The minimum absolute atomic E-state index is 0.306. The molecule has 2 heterocycles. The summed E-state index contributed by atoms with van der Waals surface area (Å²) in [6.07, 6.45) is 0.758. The third-order valence-electron chi connectivity index (χ3n) is 5.55. The van der Waals surface area contributed by atoms with Gasteiger partial charge in [-0.2, -0.15) is 0 Å². The van der Waals surface area contributed by atoms with Crippen LogP contribution < -0.4 is 5.32 Å². The van der Waals surface area contributed by atoms with E-state index in [0.717, 1.165) is 35.1 Å². The lowest BCUT2D eigenvalue weighted by atomic mass is 9.95. The molecule has 0 saturated carbocycles. The number of carbonyl (C=O) groups excluding carboxylic acids is 2. The fourth-order valence-electron chi connectivity index (χ4n) is 3.87. The second-order valence-electron chi connectivity index (χ2n) is 7.99. The third-order valence-corrected chi connectivity index (χ3v) is 6.10. The average molecular weight is 472 g/mol. The molecule has 1 amide bonds. The van der Waals surface area contributed by atoms with Gasteiger partial charge in [0.1, 0.15) is 0 Å². The molecule has 4 rings (SSSR count). The normalized spacial score (nSPS) is 13.8. The van der Waals surface area contributed by atoms with Crippen LogP contribution in [0.5, 0.6) is 0 Å². The Labute approximate surface area is 196 Å². The Morgan fingerprint density at radius 3 is 2.72 bits per heavy atom. The number of rotatable bonds is 5. The number of ether oxygens (including phenoxy) is 1. The molecule has 6 nitrogen and oxygen atoms in total. The molecule has 1 aromatic heterocycles. The Balaban J connectivity index is 1.57. The van der Waals surface area contributed by atoms with Gasteiger partial charge in [0.25, 0.3) is 5.91 Å². The number of halogens is 2. The summed E-state index contributed by atoms with van der Waals surface area (Å²) >= 11 is 12.0. The van der Waals surface area contributed by atoms with Crippen molar-refractivity contribution in [3.05, 3.63) is 69.3 Å². The number of anilines is 1. The topological polar surface area (TPSA) is 71.5 Å². The maximum absolute atomic E-state index is 13.2. The van der Waals surface area contributed by atoms with Gasteiger partial charge in [-0.05, 0) is 38.1 Å². The number of hydrogen-bond acceptors (Lipinski definition) is 5. The Morgan fingerprint density at radius 2 is 1.97 bits per heavy atom. The standard InChI is InChI=1S/C24H23Cl2N3O3/c1-14(2)29-10-9-20-17(12-29)23(16-5-3-4-6-19(16)27-20)24(31)32-13-22(30)28-21-8-7-15(25)11-18(21)26/h3-8,11,14H,9-10,12-13H2,1-2H3,(H,28,30). The number of pyridine rings is 1. The van der Waals surface area contributed by atoms with Crippen molar-refractivity contribution in [3.63, 3.8) is 0 Å². The molecule has 32 heavy (non-hydrogen) atoms. The predicted octanol–water partition coefficient (Wildman–Crippen LogP) is 5.10. The van der Waals surface area contributed by atoms with Crippen LogP contribution in [0, 0.1) is 0 Å². The zero-order chi connectivity index (χ0) is 22.8.